The Morgan fingerprint density at radius 1 is 1.36 bits per heavy atom. The molecule has 0 aromatic carbocycles. The summed E-state index contributed by atoms with van der Waals surface area (Å²) in [6.45, 7) is 2.85. The Balaban J connectivity index is 1.32. The Hall–Kier alpha value is -2.15. The zero-order valence-electron chi connectivity index (χ0n) is 14.4. The van der Waals surface area contributed by atoms with Gasteiger partial charge in [0.1, 0.15) is 11.5 Å². The standard InChI is InChI=1S/C18H24N4O3/c23-17(3-1-2-13-10-19-20-11-13)22-7-4-16-15(12-22)21-18(25-16)14-5-8-24-9-6-14/h10-11,14H,1-9,12H2,(H,19,20). The van der Waals surface area contributed by atoms with E-state index in [1.54, 1.807) is 0 Å². The maximum absolute atomic E-state index is 12.5. The highest BCUT2D eigenvalue weighted by Crippen LogP contribution is 2.30. The van der Waals surface area contributed by atoms with Crippen molar-refractivity contribution in [1.29, 1.82) is 0 Å². The van der Waals surface area contributed by atoms with Crippen LogP contribution in [-0.2, 0) is 28.9 Å². The number of nitrogens with zero attached hydrogens (tertiary/aromatic N) is 3. The second-order valence-corrected chi connectivity index (χ2v) is 6.83. The summed E-state index contributed by atoms with van der Waals surface area (Å²) < 4.78 is 11.4. The molecule has 2 aromatic rings. The van der Waals surface area contributed by atoms with Gasteiger partial charge in [-0.3, -0.25) is 9.89 Å². The number of fused-ring (bicyclic) bond motifs is 1. The lowest BCUT2D eigenvalue weighted by Crippen LogP contribution is -2.35. The molecular weight excluding hydrogens is 320 g/mol. The van der Waals surface area contributed by atoms with Gasteiger partial charge in [-0.1, -0.05) is 0 Å². The first kappa shape index (κ1) is 16.3. The quantitative estimate of drug-likeness (QED) is 0.899. The number of hydrogen-bond acceptors (Lipinski definition) is 5. The van der Waals surface area contributed by atoms with Crippen LogP contribution in [0.4, 0.5) is 0 Å². The van der Waals surface area contributed by atoms with E-state index in [0.29, 0.717) is 18.9 Å². The van der Waals surface area contributed by atoms with Crippen LogP contribution in [0.5, 0.6) is 0 Å². The minimum atomic E-state index is 0.199. The van der Waals surface area contributed by atoms with E-state index in [2.05, 4.69) is 10.2 Å². The lowest BCUT2D eigenvalue weighted by Gasteiger charge is -2.25. The molecule has 7 nitrogen and oxygen atoms in total. The first-order valence-electron chi connectivity index (χ1n) is 9.11. The minimum Gasteiger partial charge on any atom is -0.445 e. The highest BCUT2D eigenvalue weighted by Gasteiger charge is 2.28. The van der Waals surface area contributed by atoms with E-state index >= 15 is 0 Å². The van der Waals surface area contributed by atoms with Crippen LogP contribution in [0.3, 0.4) is 0 Å². The Morgan fingerprint density at radius 2 is 2.24 bits per heavy atom. The normalized spacial score (nSPS) is 18.3. The van der Waals surface area contributed by atoms with E-state index < -0.39 is 0 Å². The second kappa shape index (κ2) is 7.39. The minimum absolute atomic E-state index is 0.199. The van der Waals surface area contributed by atoms with Gasteiger partial charge >= 0.3 is 0 Å². The van der Waals surface area contributed by atoms with E-state index in [1.165, 1.54) is 0 Å². The Morgan fingerprint density at radius 3 is 3.04 bits per heavy atom. The van der Waals surface area contributed by atoms with Crippen molar-refractivity contribution in [3.8, 4) is 0 Å². The Bertz CT molecular complexity index is 704. The molecule has 0 spiro atoms. The van der Waals surface area contributed by atoms with Crippen LogP contribution in [-0.4, -0.2) is 45.7 Å². The molecule has 0 unspecified atom stereocenters. The molecule has 2 aromatic heterocycles. The number of rotatable bonds is 5. The molecule has 1 N–H and O–H groups in total. The molecule has 134 valence electrons. The number of H-pyrrole nitrogens is 1. The van der Waals surface area contributed by atoms with Gasteiger partial charge in [0.2, 0.25) is 5.91 Å². The molecule has 1 amide bonds. The summed E-state index contributed by atoms with van der Waals surface area (Å²) in [4.78, 5) is 19.1. The second-order valence-electron chi connectivity index (χ2n) is 6.83. The van der Waals surface area contributed by atoms with Gasteiger partial charge in [0.25, 0.3) is 0 Å². The van der Waals surface area contributed by atoms with Gasteiger partial charge in [0, 0.05) is 44.7 Å². The molecule has 0 radical (unpaired) electrons. The monoisotopic (exact) mass is 344 g/mol. The van der Waals surface area contributed by atoms with Gasteiger partial charge in [0.15, 0.2) is 5.89 Å². The zero-order valence-corrected chi connectivity index (χ0v) is 14.4. The summed E-state index contributed by atoms with van der Waals surface area (Å²) in [5.41, 5.74) is 2.09. The highest BCUT2D eigenvalue weighted by atomic mass is 16.5. The van der Waals surface area contributed by atoms with E-state index in [4.69, 9.17) is 14.1 Å². The number of aromatic nitrogens is 3. The highest BCUT2D eigenvalue weighted by molar-refractivity contribution is 5.76. The zero-order chi connectivity index (χ0) is 17.1. The van der Waals surface area contributed by atoms with Crippen LogP contribution < -0.4 is 0 Å². The third-order valence-electron chi connectivity index (χ3n) is 5.08. The van der Waals surface area contributed by atoms with Crippen LogP contribution in [0.25, 0.3) is 0 Å². The third kappa shape index (κ3) is 3.76. The molecule has 1 fully saturated rings. The molecule has 0 saturated carbocycles. The summed E-state index contributed by atoms with van der Waals surface area (Å²) in [7, 11) is 0. The molecule has 25 heavy (non-hydrogen) atoms. The summed E-state index contributed by atoms with van der Waals surface area (Å²) >= 11 is 0. The number of carbonyl (C=O) groups excluding carboxylic acids is 1. The first-order valence-corrected chi connectivity index (χ1v) is 9.11. The van der Waals surface area contributed by atoms with Crippen molar-refractivity contribution in [1.82, 2.24) is 20.1 Å². The number of amides is 1. The van der Waals surface area contributed by atoms with Gasteiger partial charge in [-0.15, -0.1) is 0 Å². The average Bonchev–Trinajstić information content (AvgIpc) is 3.31. The number of ether oxygens (including phenoxy) is 1. The van der Waals surface area contributed by atoms with Gasteiger partial charge in [-0.25, -0.2) is 4.98 Å². The molecule has 0 atom stereocenters. The van der Waals surface area contributed by atoms with Crippen LogP contribution in [0.1, 0.15) is 54.5 Å². The van der Waals surface area contributed by atoms with Crippen LogP contribution >= 0.6 is 0 Å². The number of aryl methyl sites for hydroxylation is 1. The largest absolute Gasteiger partial charge is 0.445 e. The fourth-order valence-corrected chi connectivity index (χ4v) is 3.57. The Labute approximate surface area is 146 Å². The molecule has 7 heteroatoms. The van der Waals surface area contributed by atoms with E-state index in [-0.39, 0.29) is 5.91 Å². The maximum Gasteiger partial charge on any atom is 0.222 e. The number of oxazole rings is 1. The lowest BCUT2D eigenvalue weighted by atomic mass is 10.0. The summed E-state index contributed by atoms with van der Waals surface area (Å²) in [5.74, 6) is 2.36. The molecule has 1 saturated heterocycles. The SMILES string of the molecule is O=C(CCCc1cn[nH]c1)N1CCc2oc(C3CCOCC3)nc2C1. The number of aromatic amines is 1. The van der Waals surface area contributed by atoms with E-state index in [1.807, 2.05) is 17.3 Å². The predicted molar refractivity (Wildman–Crippen MR) is 89.9 cm³/mol. The molecule has 4 heterocycles. The molecule has 0 bridgehead atoms. The molecule has 4 rings (SSSR count). The van der Waals surface area contributed by atoms with Gasteiger partial charge in [0.05, 0.1) is 12.7 Å². The van der Waals surface area contributed by atoms with Gasteiger partial charge in [-0.05, 0) is 31.2 Å². The van der Waals surface area contributed by atoms with E-state index in [9.17, 15) is 4.79 Å². The van der Waals surface area contributed by atoms with E-state index in [0.717, 1.165) is 74.8 Å². The number of carbonyl (C=O) groups is 1. The topological polar surface area (TPSA) is 84.2 Å². The number of hydrogen-bond donors (Lipinski definition) is 1. The van der Waals surface area contributed by atoms with Crippen molar-refractivity contribution in [2.24, 2.45) is 0 Å². The molecule has 2 aliphatic heterocycles. The maximum atomic E-state index is 12.5. The third-order valence-corrected chi connectivity index (χ3v) is 5.08. The fraction of sp³-hybridized carbons (Fsp3) is 0.611. The summed E-state index contributed by atoms with van der Waals surface area (Å²) in [6.07, 6.45) is 8.67. The lowest BCUT2D eigenvalue weighted by molar-refractivity contribution is -0.132. The first-order chi connectivity index (χ1) is 12.3. The molecule has 2 aliphatic rings. The van der Waals surface area contributed by atoms with Crippen molar-refractivity contribution < 1.29 is 13.9 Å². The summed E-state index contributed by atoms with van der Waals surface area (Å²) in [5, 5.41) is 6.73. The van der Waals surface area contributed by atoms with Crippen molar-refractivity contribution >= 4 is 5.91 Å². The van der Waals surface area contributed by atoms with Crippen molar-refractivity contribution in [2.45, 2.75) is 51.0 Å². The van der Waals surface area contributed by atoms with Crippen molar-refractivity contribution in [2.75, 3.05) is 19.8 Å². The van der Waals surface area contributed by atoms with Gasteiger partial charge in [-0.2, -0.15) is 5.10 Å². The van der Waals surface area contributed by atoms with Gasteiger partial charge < -0.3 is 14.1 Å². The Kier molecular flexibility index (Phi) is 4.83. The fourth-order valence-electron chi connectivity index (χ4n) is 3.57. The van der Waals surface area contributed by atoms with Crippen LogP contribution in [0, 0.1) is 0 Å². The average molecular weight is 344 g/mol. The summed E-state index contributed by atoms with van der Waals surface area (Å²) in [6, 6.07) is 0. The molecular formula is C18H24N4O3. The number of nitrogens with one attached hydrogen (secondary N) is 1. The molecule has 0 aliphatic carbocycles. The van der Waals surface area contributed by atoms with Crippen molar-refractivity contribution in [3.05, 3.63) is 35.3 Å². The van der Waals surface area contributed by atoms with Crippen LogP contribution in [0.15, 0.2) is 16.8 Å². The van der Waals surface area contributed by atoms with Crippen molar-refractivity contribution in [3.63, 3.8) is 0 Å². The smallest absolute Gasteiger partial charge is 0.222 e. The predicted octanol–water partition coefficient (Wildman–Crippen LogP) is 2.20. The van der Waals surface area contributed by atoms with Crippen LogP contribution in [0.2, 0.25) is 0 Å².